The van der Waals surface area contributed by atoms with Crippen molar-refractivity contribution < 1.29 is 18.3 Å². The molecule has 3 rings (SSSR count). The summed E-state index contributed by atoms with van der Waals surface area (Å²) in [5, 5.41) is 17.9. The van der Waals surface area contributed by atoms with Gasteiger partial charge in [0.25, 0.3) is 0 Å². The third kappa shape index (κ3) is 4.46. The van der Waals surface area contributed by atoms with Crippen LogP contribution in [0, 0.1) is 0 Å². The molecule has 0 saturated heterocycles. The predicted octanol–water partition coefficient (Wildman–Crippen LogP) is 1.92. The predicted molar refractivity (Wildman–Crippen MR) is 95.1 cm³/mol. The number of hydrogen-bond donors (Lipinski definition) is 3. The lowest BCUT2D eigenvalue weighted by molar-refractivity contribution is 0.0569. The minimum atomic E-state index is -3.73. The number of ether oxygens (including phenoxy) is 1. The summed E-state index contributed by atoms with van der Waals surface area (Å²) in [5.41, 5.74) is 0.599. The molecule has 1 heterocycles. The first-order valence-electron chi connectivity index (χ1n) is 7.60. The maximum atomic E-state index is 11.3. The van der Waals surface area contributed by atoms with E-state index in [9.17, 15) is 13.5 Å². The molecular formula is C15H17BrN4O4S. The number of anilines is 2. The van der Waals surface area contributed by atoms with Gasteiger partial charge in [-0.1, -0.05) is 0 Å². The largest absolute Gasteiger partial charge is 0.471 e. The summed E-state index contributed by atoms with van der Waals surface area (Å²) in [6.07, 6.45) is 3.17. The van der Waals surface area contributed by atoms with Gasteiger partial charge in [-0.2, -0.15) is 4.98 Å². The molecule has 1 aliphatic rings. The second-order valence-corrected chi connectivity index (χ2v) is 8.11. The van der Waals surface area contributed by atoms with Crippen molar-refractivity contribution in [2.24, 2.45) is 5.14 Å². The first-order valence-corrected chi connectivity index (χ1v) is 9.94. The fourth-order valence-corrected chi connectivity index (χ4v) is 3.34. The number of benzene rings is 1. The van der Waals surface area contributed by atoms with Crippen molar-refractivity contribution in [1.29, 1.82) is 0 Å². The molecule has 0 bridgehead atoms. The number of rotatable bonds is 5. The van der Waals surface area contributed by atoms with Gasteiger partial charge in [-0.05, 0) is 59.5 Å². The Hall–Kier alpha value is -1.75. The molecule has 0 radical (unpaired) electrons. The molecule has 2 unspecified atom stereocenters. The Labute approximate surface area is 153 Å². The van der Waals surface area contributed by atoms with Crippen LogP contribution in [0.2, 0.25) is 0 Å². The molecule has 1 aromatic carbocycles. The number of halogens is 1. The van der Waals surface area contributed by atoms with E-state index in [1.54, 1.807) is 18.3 Å². The Bertz CT molecular complexity index is 860. The van der Waals surface area contributed by atoms with Crippen LogP contribution in [-0.4, -0.2) is 35.7 Å². The number of aromatic nitrogens is 2. The second-order valence-electron chi connectivity index (χ2n) is 5.70. The van der Waals surface area contributed by atoms with Crippen LogP contribution in [-0.2, 0) is 10.0 Å². The zero-order valence-electron chi connectivity index (χ0n) is 13.1. The van der Waals surface area contributed by atoms with E-state index in [1.807, 2.05) is 0 Å². The van der Waals surface area contributed by atoms with E-state index in [2.05, 4.69) is 31.2 Å². The van der Waals surface area contributed by atoms with E-state index >= 15 is 0 Å². The SMILES string of the molecule is NS(=O)(=O)c1ccc(Nc2ncc(Br)c(OC3CCCC3O)n2)cc1. The van der Waals surface area contributed by atoms with Crippen LogP contribution in [0.3, 0.4) is 0 Å². The van der Waals surface area contributed by atoms with Crippen molar-refractivity contribution >= 4 is 37.6 Å². The van der Waals surface area contributed by atoms with Crippen LogP contribution >= 0.6 is 15.9 Å². The van der Waals surface area contributed by atoms with Crippen LogP contribution in [0.1, 0.15) is 19.3 Å². The lowest BCUT2D eigenvalue weighted by Gasteiger charge is -2.17. The number of hydrogen-bond acceptors (Lipinski definition) is 7. The van der Waals surface area contributed by atoms with Gasteiger partial charge in [0.15, 0.2) is 0 Å². The molecule has 0 spiro atoms. The van der Waals surface area contributed by atoms with Gasteiger partial charge in [-0.25, -0.2) is 18.5 Å². The highest BCUT2D eigenvalue weighted by Crippen LogP contribution is 2.29. The zero-order chi connectivity index (χ0) is 18.0. The monoisotopic (exact) mass is 428 g/mol. The van der Waals surface area contributed by atoms with Gasteiger partial charge < -0.3 is 15.2 Å². The van der Waals surface area contributed by atoms with Crippen molar-refractivity contribution in [3.63, 3.8) is 0 Å². The van der Waals surface area contributed by atoms with E-state index in [0.29, 0.717) is 16.0 Å². The molecule has 2 atom stereocenters. The molecule has 4 N–H and O–H groups in total. The first kappa shape index (κ1) is 18.1. The van der Waals surface area contributed by atoms with Crippen LogP contribution < -0.4 is 15.2 Å². The molecule has 25 heavy (non-hydrogen) atoms. The third-order valence-corrected chi connectivity index (χ3v) is 5.30. The number of nitrogens with one attached hydrogen (secondary N) is 1. The van der Waals surface area contributed by atoms with Gasteiger partial charge >= 0.3 is 0 Å². The van der Waals surface area contributed by atoms with Gasteiger partial charge in [0.05, 0.1) is 21.7 Å². The van der Waals surface area contributed by atoms with E-state index in [4.69, 9.17) is 9.88 Å². The molecule has 0 aliphatic heterocycles. The normalized spacial score (nSPS) is 20.4. The molecule has 134 valence electrons. The number of nitrogens with zero attached hydrogens (tertiary/aromatic N) is 2. The Balaban J connectivity index is 1.75. The zero-order valence-corrected chi connectivity index (χ0v) is 15.5. The number of sulfonamides is 1. The summed E-state index contributed by atoms with van der Waals surface area (Å²) in [5.74, 6) is 0.624. The lowest BCUT2D eigenvalue weighted by atomic mass is 10.3. The van der Waals surface area contributed by atoms with Crippen molar-refractivity contribution in [3.05, 3.63) is 34.9 Å². The highest BCUT2D eigenvalue weighted by atomic mass is 79.9. The van der Waals surface area contributed by atoms with E-state index in [-0.39, 0.29) is 16.9 Å². The Morgan fingerprint density at radius 2 is 2.00 bits per heavy atom. The van der Waals surface area contributed by atoms with Gasteiger partial charge in [-0.15, -0.1) is 0 Å². The number of primary sulfonamides is 1. The molecule has 10 heteroatoms. The van der Waals surface area contributed by atoms with Crippen LogP contribution in [0.15, 0.2) is 39.8 Å². The maximum Gasteiger partial charge on any atom is 0.238 e. The van der Waals surface area contributed by atoms with E-state index in [0.717, 1.165) is 19.3 Å². The van der Waals surface area contributed by atoms with Gasteiger partial charge in [-0.3, -0.25) is 0 Å². The average Bonchev–Trinajstić information content (AvgIpc) is 2.95. The summed E-state index contributed by atoms with van der Waals surface area (Å²) in [7, 11) is -3.73. The summed E-state index contributed by atoms with van der Waals surface area (Å²) < 4.78 is 28.9. The van der Waals surface area contributed by atoms with Crippen molar-refractivity contribution in [2.75, 3.05) is 5.32 Å². The fourth-order valence-electron chi connectivity index (χ4n) is 2.54. The van der Waals surface area contributed by atoms with E-state index in [1.165, 1.54) is 12.1 Å². The summed E-state index contributed by atoms with van der Waals surface area (Å²) in [6, 6.07) is 5.91. The summed E-state index contributed by atoms with van der Waals surface area (Å²) in [4.78, 5) is 8.46. The fraction of sp³-hybridized carbons (Fsp3) is 0.333. The number of aliphatic hydroxyl groups is 1. The van der Waals surface area contributed by atoms with Crippen molar-refractivity contribution in [1.82, 2.24) is 9.97 Å². The minimum Gasteiger partial charge on any atom is -0.471 e. The van der Waals surface area contributed by atoms with Crippen molar-refractivity contribution in [3.8, 4) is 5.88 Å². The molecule has 1 saturated carbocycles. The standard InChI is InChI=1S/C15H17BrN4O4S/c16-11-8-18-15(20-14(11)24-13-3-1-2-12(13)21)19-9-4-6-10(7-5-9)25(17,22)23/h4-8,12-13,21H,1-3H2,(H2,17,22,23)(H,18,19,20). The molecule has 1 aromatic heterocycles. The highest BCUT2D eigenvalue weighted by molar-refractivity contribution is 9.10. The highest BCUT2D eigenvalue weighted by Gasteiger charge is 2.28. The molecule has 8 nitrogen and oxygen atoms in total. The lowest BCUT2D eigenvalue weighted by Crippen LogP contribution is -2.26. The van der Waals surface area contributed by atoms with Gasteiger partial charge in [0.1, 0.15) is 6.10 Å². The van der Waals surface area contributed by atoms with Gasteiger partial charge in [0, 0.05) is 5.69 Å². The number of aliphatic hydroxyl groups excluding tert-OH is 1. The Kier molecular flexibility index (Phi) is 5.23. The molecule has 2 aromatic rings. The Morgan fingerprint density at radius 3 is 2.60 bits per heavy atom. The van der Waals surface area contributed by atoms with Crippen molar-refractivity contribution in [2.45, 2.75) is 36.4 Å². The Morgan fingerprint density at radius 1 is 1.28 bits per heavy atom. The second kappa shape index (κ2) is 7.24. The first-order chi connectivity index (χ1) is 11.8. The number of nitrogens with two attached hydrogens (primary N) is 1. The minimum absolute atomic E-state index is 0.0222. The topological polar surface area (TPSA) is 127 Å². The van der Waals surface area contributed by atoms with Crippen LogP contribution in [0.5, 0.6) is 5.88 Å². The summed E-state index contributed by atoms with van der Waals surface area (Å²) in [6.45, 7) is 0. The molecule has 0 amide bonds. The third-order valence-electron chi connectivity index (χ3n) is 3.83. The molecule has 1 aliphatic carbocycles. The summed E-state index contributed by atoms with van der Waals surface area (Å²) >= 11 is 3.33. The van der Waals surface area contributed by atoms with Gasteiger partial charge in [0.2, 0.25) is 21.9 Å². The van der Waals surface area contributed by atoms with Crippen LogP contribution in [0.25, 0.3) is 0 Å². The smallest absolute Gasteiger partial charge is 0.238 e. The van der Waals surface area contributed by atoms with E-state index < -0.39 is 16.1 Å². The average molecular weight is 429 g/mol. The quantitative estimate of drug-likeness (QED) is 0.663. The van der Waals surface area contributed by atoms with Crippen LogP contribution in [0.4, 0.5) is 11.6 Å². The maximum absolute atomic E-state index is 11.3. The molecule has 1 fully saturated rings. The molecular weight excluding hydrogens is 412 g/mol.